The highest BCUT2D eigenvalue weighted by atomic mass is 79.9. The minimum Gasteiger partial charge on any atom is -0.394 e. The van der Waals surface area contributed by atoms with Crippen molar-refractivity contribution >= 4 is 27.6 Å². The third-order valence-electron chi connectivity index (χ3n) is 2.40. The van der Waals surface area contributed by atoms with Crippen LogP contribution in [0.4, 0.5) is 10.5 Å². The molecule has 0 aromatic heterocycles. The molecule has 1 aromatic rings. The van der Waals surface area contributed by atoms with Crippen LogP contribution in [0.15, 0.2) is 22.7 Å². The molecule has 0 saturated carbocycles. The van der Waals surface area contributed by atoms with Crippen molar-refractivity contribution in [3.05, 3.63) is 28.2 Å². The Hall–Kier alpha value is -1.11. The first-order valence-corrected chi connectivity index (χ1v) is 6.92. The fourth-order valence-electron chi connectivity index (χ4n) is 1.44. The number of urea groups is 1. The Morgan fingerprint density at radius 2 is 2.21 bits per heavy atom. The lowest BCUT2D eigenvalue weighted by atomic mass is 10.2. The van der Waals surface area contributed by atoms with Gasteiger partial charge >= 0.3 is 6.03 Å². The molecular weight excluding hydrogens is 312 g/mol. The van der Waals surface area contributed by atoms with E-state index in [1.165, 1.54) is 0 Å². The zero-order valence-electron chi connectivity index (χ0n) is 10.9. The van der Waals surface area contributed by atoms with Crippen LogP contribution in [0.1, 0.15) is 12.0 Å². The molecule has 5 nitrogen and oxygen atoms in total. The first-order valence-electron chi connectivity index (χ1n) is 6.13. The minimum atomic E-state index is -0.233. The van der Waals surface area contributed by atoms with Gasteiger partial charge in [-0.25, -0.2) is 4.79 Å². The Kier molecular flexibility index (Phi) is 7.47. The van der Waals surface area contributed by atoms with Crippen LogP contribution in [0, 0.1) is 6.92 Å². The number of hydrogen-bond acceptors (Lipinski definition) is 3. The van der Waals surface area contributed by atoms with E-state index in [9.17, 15) is 4.79 Å². The van der Waals surface area contributed by atoms with Crippen molar-refractivity contribution in [3.8, 4) is 0 Å². The number of nitrogens with one attached hydrogen (secondary N) is 2. The number of anilines is 1. The summed E-state index contributed by atoms with van der Waals surface area (Å²) >= 11 is 3.41. The average Bonchev–Trinajstić information content (AvgIpc) is 2.38. The summed E-state index contributed by atoms with van der Waals surface area (Å²) in [5.74, 6) is 0. The summed E-state index contributed by atoms with van der Waals surface area (Å²) < 4.78 is 6.10. The number of rotatable bonds is 7. The Morgan fingerprint density at radius 1 is 1.42 bits per heavy atom. The number of carbonyl (C=O) groups excluding carboxylic acids is 1. The molecule has 0 spiro atoms. The van der Waals surface area contributed by atoms with Crippen molar-refractivity contribution in [1.29, 1.82) is 0 Å². The lowest BCUT2D eigenvalue weighted by Gasteiger charge is -2.09. The van der Waals surface area contributed by atoms with E-state index in [-0.39, 0.29) is 12.6 Å². The van der Waals surface area contributed by atoms with Crippen molar-refractivity contribution in [2.45, 2.75) is 13.3 Å². The van der Waals surface area contributed by atoms with Gasteiger partial charge in [0, 0.05) is 23.3 Å². The fraction of sp³-hybridized carbons (Fsp3) is 0.462. The molecule has 0 unspecified atom stereocenters. The molecule has 0 aliphatic heterocycles. The van der Waals surface area contributed by atoms with Gasteiger partial charge in [-0.2, -0.15) is 0 Å². The first kappa shape index (κ1) is 15.9. The second kappa shape index (κ2) is 8.90. The first-order chi connectivity index (χ1) is 9.13. The van der Waals surface area contributed by atoms with E-state index in [0.29, 0.717) is 26.2 Å². The Bertz CT molecular complexity index is 413. The molecule has 0 fully saturated rings. The molecule has 0 saturated heterocycles. The van der Waals surface area contributed by atoms with Gasteiger partial charge in [-0.15, -0.1) is 0 Å². The molecule has 106 valence electrons. The third-order valence-corrected chi connectivity index (χ3v) is 3.29. The van der Waals surface area contributed by atoms with Gasteiger partial charge in [0.25, 0.3) is 0 Å². The van der Waals surface area contributed by atoms with Gasteiger partial charge < -0.3 is 20.5 Å². The van der Waals surface area contributed by atoms with Crippen LogP contribution in [-0.2, 0) is 4.74 Å². The summed E-state index contributed by atoms with van der Waals surface area (Å²) in [6.07, 6.45) is 0.715. The second-order valence-electron chi connectivity index (χ2n) is 4.03. The van der Waals surface area contributed by atoms with Crippen molar-refractivity contribution in [3.63, 3.8) is 0 Å². The molecule has 1 aromatic carbocycles. The van der Waals surface area contributed by atoms with Gasteiger partial charge in [0.05, 0.1) is 13.2 Å². The molecule has 0 heterocycles. The number of aliphatic hydroxyl groups excluding tert-OH is 1. The van der Waals surface area contributed by atoms with E-state index in [4.69, 9.17) is 9.84 Å². The van der Waals surface area contributed by atoms with E-state index in [1.54, 1.807) is 0 Å². The van der Waals surface area contributed by atoms with Gasteiger partial charge in [-0.1, -0.05) is 15.9 Å². The van der Waals surface area contributed by atoms with E-state index in [2.05, 4.69) is 26.6 Å². The number of ether oxygens (including phenoxy) is 1. The predicted octanol–water partition coefficient (Wildman–Crippen LogP) is 2.28. The molecule has 0 aliphatic carbocycles. The summed E-state index contributed by atoms with van der Waals surface area (Å²) in [6, 6.07) is 5.40. The van der Waals surface area contributed by atoms with Crippen LogP contribution in [0.3, 0.4) is 0 Å². The normalized spacial score (nSPS) is 10.3. The molecule has 0 atom stereocenters. The quantitative estimate of drug-likeness (QED) is 0.672. The summed E-state index contributed by atoms with van der Waals surface area (Å²) in [5, 5.41) is 14.0. The van der Waals surface area contributed by atoms with Gasteiger partial charge in [0.15, 0.2) is 0 Å². The Morgan fingerprint density at radius 3 is 2.89 bits per heavy atom. The van der Waals surface area contributed by atoms with Crippen molar-refractivity contribution < 1.29 is 14.6 Å². The van der Waals surface area contributed by atoms with Gasteiger partial charge in [0.1, 0.15) is 0 Å². The molecular formula is C13H19BrN2O3. The number of benzene rings is 1. The van der Waals surface area contributed by atoms with E-state index < -0.39 is 0 Å². The smallest absolute Gasteiger partial charge is 0.319 e. The largest absolute Gasteiger partial charge is 0.394 e. The van der Waals surface area contributed by atoms with Crippen molar-refractivity contribution in [2.75, 3.05) is 31.7 Å². The van der Waals surface area contributed by atoms with Crippen LogP contribution >= 0.6 is 15.9 Å². The summed E-state index contributed by atoms with van der Waals surface area (Å²) in [6.45, 7) is 3.39. The SMILES string of the molecule is Cc1cc(NC(=O)NCCCOCCO)ccc1Br. The third kappa shape index (κ3) is 6.56. The van der Waals surface area contributed by atoms with E-state index in [0.717, 1.165) is 15.7 Å². The maximum absolute atomic E-state index is 11.6. The predicted molar refractivity (Wildman–Crippen MR) is 78.4 cm³/mol. The van der Waals surface area contributed by atoms with Crippen LogP contribution < -0.4 is 10.6 Å². The Balaban J connectivity index is 2.21. The molecule has 0 radical (unpaired) electrons. The van der Waals surface area contributed by atoms with Crippen LogP contribution in [0.25, 0.3) is 0 Å². The molecule has 6 heteroatoms. The average molecular weight is 331 g/mol. The van der Waals surface area contributed by atoms with Crippen molar-refractivity contribution in [2.24, 2.45) is 0 Å². The molecule has 3 N–H and O–H groups in total. The lowest BCUT2D eigenvalue weighted by Crippen LogP contribution is -2.30. The standard InChI is InChI=1S/C13H19BrN2O3/c1-10-9-11(3-4-12(10)14)16-13(18)15-5-2-7-19-8-6-17/h3-4,9,17H,2,5-8H2,1H3,(H2,15,16,18). The minimum absolute atomic E-state index is 0.0246. The summed E-state index contributed by atoms with van der Waals surface area (Å²) in [5.41, 5.74) is 1.82. The van der Waals surface area contributed by atoms with Crippen LogP contribution in [-0.4, -0.2) is 37.5 Å². The second-order valence-corrected chi connectivity index (χ2v) is 4.89. The Labute approximate surface area is 121 Å². The summed E-state index contributed by atoms with van der Waals surface area (Å²) in [7, 11) is 0. The maximum atomic E-state index is 11.6. The van der Waals surface area contributed by atoms with Gasteiger partial charge in [-0.05, 0) is 37.1 Å². The number of carbonyl (C=O) groups is 1. The van der Waals surface area contributed by atoms with E-state index in [1.807, 2.05) is 25.1 Å². The highest BCUT2D eigenvalue weighted by Crippen LogP contribution is 2.19. The van der Waals surface area contributed by atoms with Crippen LogP contribution in [0.2, 0.25) is 0 Å². The van der Waals surface area contributed by atoms with Crippen molar-refractivity contribution in [1.82, 2.24) is 5.32 Å². The van der Waals surface area contributed by atoms with Gasteiger partial charge in [0.2, 0.25) is 0 Å². The monoisotopic (exact) mass is 330 g/mol. The number of aryl methyl sites for hydroxylation is 1. The maximum Gasteiger partial charge on any atom is 0.319 e. The zero-order valence-corrected chi connectivity index (χ0v) is 12.5. The number of aliphatic hydroxyl groups is 1. The molecule has 2 amide bonds. The molecule has 0 aliphatic rings. The lowest BCUT2D eigenvalue weighted by molar-refractivity contribution is 0.0910. The van der Waals surface area contributed by atoms with E-state index >= 15 is 0 Å². The highest BCUT2D eigenvalue weighted by molar-refractivity contribution is 9.10. The van der Waals surface area contributed by atoms with Gasteiger partial charge in [-0.3, -0.25) is 0 Å². The fourth-order valence-corrected chi connectivity index (χ4v) is 1.69. The number of amides is 2. The highest BCUT2D eigenvalue weighted by Gasteiger charge is 2.02. The number of halogens is 1. The molecule has 0 bridgehead atoms. The van der Waals surface area contributed by atoms with Crippen LogP contribution in [0.5, 0.6) is 0 Å². The number of hydrogen-bond donors (Lipinski definition) is 3. The zero-order chi connectivity index (χ0) is 14.1. The molecule has 19 heavy (non-hydrogen) atoms. The topological polar surface area (TPSA) is 70.6 Å². The molecule has 1 rings (SSSR count). The summed E-state index contributed by atoms with van der Waals surface area (Å²) in [4.78, 5) is 11.6.